The second-order valence-corrected chi connectivity index (χ2v) is 10.1. The van der Waals surface area contributed by atoms with Crippen LogP contribution in [0.3, 0.4) is 0 Å². The highest BCUT2D eigenvalue weighted by atomic mass is 32.2. The van der Waals surface area contributed by atoms with Crippen molar-refractivity contribution in [2.45, 2.75) is 31.8 Å². The lowest BCUT2D eigenvalue weighted by molar-refractivity contribution is 0.584. The summed E-state index contributed by atoms with van der Waals surface area (Å²) in [4.78, 5) is 4.87. The summed E-state index contributed by atoms with van der Waals surface area (Å²) in [6.45, 7) is 5.14. The fraction of sp³-hybridized carbons (Fsp3) is 0.138. The number of hydrogen-bond donors (Lipinski definition) is 1. The van der Waals surface area contributed by atoms with Crippen molar-refractivity contribution in [1.82, 2.24) is 4.83 Å². The number of nitrogens with zero attached hydrogens (tertiary/aromatic N) is 2. The molecule has 0 aromatic heterocycles. The van der Waals surface area contributed by atoms with Crippen LogP contribution in [0.15, 0.2) is 119 Å². The number of rotatable bonds is 9. The lowest BCUT2D eigenvalue weighted by atomic mass is 10.1. The summed E-state index contributed by atoms with van der Waals surface area (Å²) in [6, 6.07) is 35.3. The summed E-state index contributed by atoms with van der Waals surface area (Å²) in [5.74, 6) is 0. The first-order valence-corrected chi connectivity index (χ1v) is 13.0. The van der Waals surface area contributed by atoms with Crippen molar-refractivity contribution in [3.8, 4) is 0 Å². The van der Waals surface area contributed by atoms with Crippen LogP contribution in [0.1, 0.15) is 29.2 Å². The Morgan fingerprint density at radius 3 is 1.83 bits per heavy atom. The molecule has 0 amide bonds. The van der Waals surface area contributed by atoms with E-state index in [2.05, 4.69) is 45.2 Å². The Balaban J connectivity index is 1.65. The zero-order valence-electron chi connectivity index (χ0n) is 19.9. The predicted molar refractivity (Wildman–Crippen MR) is 143 cm³/mol. The highest BCUT2D eigenvalue weighted by Gasteiger charge is 2.16. The molecule has 35 heavy (non-hydrogen) atoms. The second-order valence-electron chi connectivity index (χ2n) is 8.45. The van der Waals surface area contributed by atoms with Crippen molar-refractivity contribution >= 4 is 21.4 Å². The average Bonchev–Trinajstić information content (AvgIpc) is 2.88. The Kier molecular flexibility index (Phi) is 7.63. The molecule has 0 spiro atoms. The molecule has 0 unspecified atom stereocenters. The Labute approximate surface area is 207 Å². The highest BCUT2D eigenvalue weighted by Crippen LogP contribution is 2.25. The lowest BCUT2D eigenvalue weighted by Crippen LogP contribution is -2.25. The first-order chi connectivity index (χ1) is 16.9. The van der Waals surface area contributed by atoms with Crippen LogP contribution in [-0.4, -0.2) is 14.1 Å². The van der Waals surface area contributed by atoms with Crippen LogP contribution in [0.4, 0.5) is 5.69 Å². The zero-order chi connectivity index (χ0) is 24.7. The molecule has 178 valence electrons. The van der Waals surface area contributed by atoms with Crippen molar-refractivity contribution < 1.29 is 8.42 Å². The van der Waals surface area contributed by atoms with E-state index >= 15 is 0 Å². The standard InChI is InChI=1S/C29H29N3O2S/c1-23-17-19-27(20-18-23)35(33,34)31-30-24(2)28-15-9-10-16-29(28)32(21-25-11-5-3-6-12-25)22-26-13-7-4-8-14-26/h3-20,31H,21-22H2,1-2H3/b30-24+. The van der Waals surface area contributed by atoms with Gasteiger partial charge in [0, 0.05) is 24.3 Å². The molecule has 0 aliphatic heterocycles. The molecular weight excluding hydrogens is 454 g/mol. The fourth-order valence-electron chi connectivity index (χ4n) is 3.85. The van der Waals surface area contributed by atoms with Crippen LogP contribution >= 0.6 is 0 Å². The van der Waals surface area contributed by atoms with Gasteiger partial charge in [-0.3, -0.25) is 0 Å². The van der Waals surface area contributed by atoms with E-state index in [1.807, 2.05) is 68.4 Å². The largest absolute Gasteiger partial charge is 0.362 e. The number of para-hydroxylation sites is 1. The number of hydrazone groups is 1. The first kappa shape index (κ1) is 24.2. The van der Waals surface area contributed by atoms with Crippen LogP contribution < -0.4 is 9.73 Å². The Morgan fingerprint density at radius 2 is 1.26 bits per heavy atom. The number of aryl methyl sites for hydroxylation is 1. The summed E-state index contributed by atoms with van der Waals surface area (Å²) in [6.07, 6.45) is 0. The number of anilines is 1. The van der Waals surface area contributed by atoms with Crippen molar-refractivity contribution in [2.24, 2.45) is 5.10 Å². The van der Waals surface area contributed by atoms with Gasteiger partial charge in [-0.2, -0.15) is 18.4 Å². The fourth-order valence-corrected chi connectivity index (χ4v) is 4.71. The van der Waals surface area contributed by atoms with E-state index in [-0.39, 0.29) is 4.90 Å². The summed E-state index contributed by atoms with van der Waals surface area (Å²) >= 11 is 0. The number of benzene rings is 4. The van der Waals surface area contributed by atoms with Gasteiger partial charge in [0.15, 0.2) is 0 Å². The topological polar surface area (TPSA) is 61.8 Å². The molecule has 4 rings (SSSR count). The van der Waals surface area contributed by atoms with E-state index in [4.69, 9.17) is 0 Å². The lowest BCUT2D eigenvalue weighted by Gasteiger charge is -2.27. The third-order valence-corrected chi connectivity index (χ3v) is 6.96. The van der Waals surface area contributed by atoms with Gasteiger partial charge >= 0.3 is 0 Å². The number of sulfonamides is 1. The molecular formula is C29H29N3O2S. The van der Waals surface area contributed by atoms with Crippen LogP contribution in [-0.2, 0) is 23.1 Å². The van der Waals surface area contributed by atoms with Gasteiger partial charge in [0.05, 0.1) is 10.6 Å². The molecule has 0 saturated heterocycles. The quantitative estimate of drug-likeness (QED) is 0.238. The molecule has 0 atom stereocenters. The molecule has 5 nitrogen and oxygen atoms in total. The maximum Gasteiger partial charge on any atom is 0.276 e. The van der Waals surface area contributed by atoms with Gasteiger partial charge in [-0.1, -0.05) is 96.6 Å². The monoisotopic (exact) mass is 483 g/mol. The van der Waals surface area contributed by atoms with Crippen molar-refractivity contribution in [2.75, 3.05) is 4.90 Å². The van der Waals surface area contributed by atoms with Crippen molar-refractivity contribution in [3.05, 3.63) is 131 Å². The zero-order valence-corrected chi connectivity index (χ0v) is 20.7. The first-order valence-electron chi connectivity index (χ1n) is 11.5. The molecule has 1 N–H and O–H groups in total. The van der Waals surface area contributed by atoms with E-state index in [9.17, 15) is 8.42 Å². The Bertz CT molecular complexity index is 1340. The maximum absolute atomic E-state index is 12.8. The Hall–Kier alpha value is -3.90. The number of nitrogens with one attached hydrogen (secondary N) is 1. The van der Waals surface area contributed by atoms with E-state index in [0.29, 0.717) is 18.8 Å². The minimum atomic E-state index is -3.76. The van der Waals surface area contributed by atoms with Crippen LogP contribution in [0.25, 0.3) is 0 Å². The van der Waals surface area contributed by atoms with Crippen molar-refractivity contribution in [1.29, 1.82) is 0 Å². The minimum absolute atomic E-state index is 0.183. The molecule has 0 aliphatic rings. The molecule has 0 saturated carbocycles. The molecule has 6 heteroatoms. The smallest absolute Gasteiger partial charge is 0.276 e. The van der Waals surface area contributed by atoms with Gasteiger partial charge in [-0.25, -0.2) is 0 Å². The summed E-state index contributed by atoms with van der Waals surface area (Å²) < 4.78 is 25.5. The molecule has 4 aromatic rings. The predicted octanol–water partition coefficient (Wildman–Crippen LogP) is 5.90. The molecule has 0 heterocycles. The molecule has 0 bridgehead atoms. The highest BCUT2D eigenvalue weighted by molar-refractivity contribution is 7.89. The maximum atomic E-state index is 12.8. The minimum Gasteiger partial charge on any atom is -0.362 e. The summed E-state index contributed by atoms with van der Waals surface area (Å²) in [7, 11) is -3.76. The Morgan fingerprint density at radius 1 is 0.743 bits per heavy atom. The third kappa shape index (κ3) is 6.37. The third-order valence-electron chi connectivity index (χ3n) is 5.73. The molecule has 0 fully saturated rings. The van der Waals surface area contributed by atoms with Gasteiger partial charge in [-0.15, -0.1) is 0 Å². The van der Waals surface area contributed by atoms with E-state index in [1.54, 1.807) is 24.3 Å². The van der Waals surface area contributed by atoms with Gasteiger partial charge < -0.3 is 4.90 Å². The van der Waals surface area contributed by atoms with E-state index in [0.717, 1.165) is 16.8 Å². The van der Waals surface area contributed by atoms with Gasteiger partial charge in [0.1, 0.15) is 0 Å². The molecule has 4 aromatic carbocycles. The van der Waals surface area contributed by atoms with Gasteiger partial charge in [0.2, 0.25) is 0 Å². The van der Waals surface area contributed by atoms with Crippen LogP contribution in [0.2, 0.25) is 0 Å². The normalized spacial score (nSPS) is 11.8. The van der Waals surface area contributed by atoms with Crippen LogP contribution in [0, 0.1) is 6.92 Å². The van der Waals surface area contributed by atoms with Gasteiger partial charge in [-0.05, 0) is 43.2 Å². The SMILES string of the molecule is C/C(=N\NS(=O)(=O)c1ccc(C)cc1)c1ccccc1N(Cc1ccccc1)Cc1ccccc1. The molecule has 0 aliphatic carbocycles. The van der Waals surface area contributed by atoms with E-state index < -0.39 is 10.0 Å². The van der Waals surface area contributed by atoms with E-state index in [1.165, 1.54) is 11.1 Å². The van der Waals surface area contributed by atoms with Crippen LogP contribution in [0.5, 0.6) is 0 Å². The van der Waals surface area contributed by atoms with Crippen molar-refractivity contribution in [3.63, 3.8) is 0 Å². The number of hydrogen-bond acceptors (Lipinski definition) is 4. The summed E-state index contributed by atoms with van der Waals surface area (Å²) in [5.41, 5.74) is 5.81. The van der Waals surface area contributed by atoms with Gasteiger partial charge in [0.25, 0.3) is 10.0 Å². The summed E-state index contributed by atoms with van der Waals surface area (Å²) in [5, 5.41) is 4.27. The second kappa shape index (κ2) is 11.0. The molecule has 0 radical (unpaired) electrons. The average molecular weight is 484 g/mol.